The van der Waals surface area contributed by atoms with Crippen LogP contribution in [-0.2, 0) is 4.43 Å². The highest BCUT2D eigenvalue weighted by Gasteiger charge is 2.23. The zero-order valence-electron chi connectivity index (χ0n) is 14.7. The third kappa shape index (κ3) is 3.93. The van der Waals surface area contributed by atoms with Gasteiger partial charge in [0.15, 0.2) is 0 Å². The zero-order valence-corrected chi connectivity index (χ0v) is 15.7. The summed E-state index contributed by atoms with van der Waals surface area (Å²) >= 11 is 0. The molecule has 23 heavy (non-hydrogen) atoms. The van der Waals surface area contributed by atoms with Gasteiger partial charge in [0.1, 0.15) is 0 Å². The second-order valence-corrected chi connectivity index (χ2v) is 6.61. The first-order valence-corrected chi connectivity index (χ1v) is 9.04. The van der Waals surface area contributed by atoms with Gasteiger partial charge in [-0.2, -0.15) is 0 Å². The van der Waals surface area contributed by atoms with E-state index in [4.69, 9.17) is 4.43 Å². The second kappa shape index (κ2) is 8.46. The minimum atomic E-state index is -0.0825. The molecule has 0 bridgehead atoms. The molecule has 0 saturated heterocycles. The average Bonchev–Trinajstić information content (AvgIpc) is 2.61. The third-order valence-electron chi connectivity index (χ3n) is 4.92. The van der Waals surface area contributed by atoms with Gasteiger partial charge in [-0.25, -0.2) is 0 Å². The lowest BCUT2D eigenvalue weighted by molar-refractivity contribution is 0.270. The van der Waals surface area contributed by atoms with E-state index in [1.165, 1.54) is 22.3 Å². The van der Waals surface area contributed by atoms with Gasteiger partial charge in [0, 0.05) is 0 Å². The van der Waals surface area contributed by atoms with Crippen molar-refractivity contribution in [2.45, 2.75) is 58.5 Å². The fourth-order valence-corrected chi connectivity index (χ4v) is 3.46. The van der Waals surface area contributed by atoms with Crippen molar-refractivity contribution in [1.29, 1.82) is 0 Å². The van der Waals surface area contributed by atoms with Crippen LogP contribution in [0, 0.1) is 0 Å². The lowest BCUT2D eigenvalue weighted by Crippen LogP contribution is -2.12. The Balaban J connectivity index is 2.60. The Bertz CT molecular complexity index is 608. The van der Waals surface area contributed by atoms with E-state index in [9.17, 15) is 0 Å². The molecule has 3 atom stereocenters. The number of benzene rings is 2. The minimum absolute atomic E-state index is 0.0825. The number of hydrogen-bond acceptors (Lipinski definition) is 1. The minimum Gasteiger partial charge on any atom is -0.408 e. The zero-order chi connectivity index (χ0) is 16.8. The summed E-state index contributed by atoms with van der Waals surface area (Å²) in [6.07, 6.45) is 2.20. The van der Waals surface area contributed by atoms with Crippen molar-refractivity contribution in [3.8, 4) is 0 Å². The lowest BCUT2D eigenvalue weighted by Gasteiger charge is -2.27. The van der Waals surface area contributed by atoms with Gasteiger partial charge in [-0.15, -0.1) is 0 Å². The molecule has 2 rings (SSSR count). The molecule has 0 saturated carbocycles. The van der Waals surface area contributed by atoms with Crippen LogP contribution in [0.1, 0.15) is 80.7 Å². The van der Waals surface area contributed by atoms with Crippen LogP contribution in [0.15, 0.2) is 48.5 Å². The summed E-state index contributed by atoms with van der Waals surface area (Å²) in [5, 5.41) is 0. The number of rotatable bonds is 7. The van der Waals surface area contributed by atoms with Crippen LogP contribution < -0.4 is 0 Å². The van der Waals surface area contributed by atoms with E-state index in [1.807, 2.05) is 6.07 Å². The molecule has 0 spiro atoms. The van der Waals surface area contributed by atoms with E-state index >= 15 is 0 Å². The average molecular weight is 324 g/mol. The van der Waals surface area contributed by atoms with Crippen LogP contribution in [0.2, 0.25) is 0 Å². The van der Waals surface area contributed by atoms with Crippen molar-refractivity contribution in [3.05, 3.63) is 70.8 Å². The van der Waals surface area contributed by atoms with Gasteiger partial charge in [0.05, 0.1) is 6.10 Å². The van der Waals surface area contributed by atoms with Gasteiger partial charge >= 0.3 is 0 Å². The van der Waals surface area contributed by atoms with E-state index in [2.05, 4.69) is 80.6 Å². The molecule has 3 unspecified atom stereocenters. The van der Waals surface area contributed by atoms with Crippen molar-refractivity contribution in [2.75, 3.05) is 0 Å². The smallest absolute Gasteiger partial charge is 0.247 e. The molecule has 3 radical (unpaired) electrons. The quantitative estimate of drug-likeness (QED) is 0.576. The summed E-state index contributed by atoms with van der Waals surface area (Å²) < 4.78 is 5.73. The monoisotopic (exact) mass is 323 g/mol. The van der Waals surface area contributed by atoms with Crippen molar-refractivity contribution in [3.63, 3.8) is 0 Å². The van der Waals surface area contributed by atoms with Crippen molar-refractivity contribution >= 4 is 10.5 Å². The first kappa shape index (κ1) is 18.0. The second-order valence-electron chi connectivity index (χ2n) is 6.38. The van der Waals surface area contributed by atoms with E-state index in [0.29, 0.717) is 11.8 Å². The highest BCUT2D eigenvalue weighted by atomic mass is 28.2. The summed E-state index contributed by atoms with van der Waals surface area (Å²) in [5.74, 6) is 1.08. The van der Waals surface area contributed by atoms with E-state index in [-0.39, 0.29) is 6.10 Å². The van der Waals surface area contributed by atoms with E-state index in [1.54, 1.807) is 0 Å². The maximum Gasteiger partial charge on any atom is 0.247 e. The third-order valence-corrected chi connectivity index (χ3v) is 5.16. The van der Waals surface area contributed by atoms with E-state index in [0.717, 1.165) is 12.8 Å². The number of hydrogen-bond donors (Lipinski definition) is 0. The van der Waals surface area contributed by atoms with Gasteiger partial charge in [-0.1, -0.05) is 76.2 Å². The standard InChI is InChI=1S/C21H27OSi/c1-5-15(3)18-13-10-14-19(20(18)16(4)6-2)21(22-23)17-11-8-7-9-12-17/h7-16,21H,5-6H2,1-4H3. The molecule has 2 aromatic rings. The Morgan fingerprint density at radius 3 is 2.00 bits per heavy atom. The first-order chi connectivity index (χ1) is 11.1. The van der Waals surface area contributed by atoms with Crippen LogP contribution in [0.25, 0.3) is 0 Å². The molecule has 1 nitrogen and oxygen atoms in total. The van der Waals surface area contributed by atoms with Crippen LogP contribution in [-0.4, -0.2) is 10.5 Å². The van der Waals surface area contributed by atoms with Gasteiger partial charge in [0.25, 0.3) is 0 Å². The molecule has 0 aliphatic rings. The lowest BCUT2D eigenvalue weighted by atomic mass is 9.81. The summed E-state index contributed by atoms with van der Waals surface area (Å²) in [7, 11) is 3.33. The summed E-state index contributed by atoms with van der Waals surface area (Å²) in [5.41, 5.74) is 5.37. The van der Waals surface area contributed by atoms with Gasteiger partial charge in [-0.05, 0) is 46.9 Å². The Hall–Kier alpha value is -1.38. The highest BCUT2D eigenvalue weighted by molar-refractivity contribution is 5.98. The molecular weight excluding hydrogens is 296 g/mol. The Labute approximate surface area is 144 Å². The van der Waals surface area contributed by atoms with Crippen molar-refractivity contribution in [1.82, 2.24) is 0 Å². The largest absolute Gasteiger partial charge is 0.408 e. The Kier molecular flexibility index (Phi) is 6.61. The molecule has 0 aliphatic heterocycles. The predicted molar refractivity (Wildman–Crippen MR) is 99.0 cm³/mol. The van der Waals surface area contributed by atoms with Crippen LogP contribution in [0.3, 0.4) is 0 Å². The fourth-order valence-electron chi connectivity index (χ4n) is 3.19. The van der Waals surface area contributed by atoms with Gasteiger partial charge in [0.2, 0.25) is 10.5 Å². The summed E-state index contributed by atoms with van der Waals surface area (Å²) in [6, 6.07) is 17.1. The predicted octanol–water partition coefficient (Wildman–Crippen LogP) is 5.90. The molecule has 0 fully saturated rings. The van der Waals surface area contributed by atoms with Crippen molar-refractivity contribution < 1.29 is 4.43 Å². The maximum atomic E-state index is 5.73. The maximum absolute atomic E-state index is 5.73. The topological polar surface area (TPSA) is 9.23 Å². The van der Waals surface area contributed by atoms with Gasteiger partial charge < -0.3 is 4.43 Å². The molecule has 121 valence electrons. The summed E-state index contributed by atoms with van der Waals surface area (Å²) in [4.78, 5) is 0. The van der Waals surface area contributed by atoms with Crippen molar-refractivity contribution in [2.24, 2.45) is 0 Å². The molecular formula is C21H27OSi. The van der Waals surface area contributed by atoms with Crippen LogP contribution in [0.4, 0.5) is 0 Å². The molecule has 2 aromatic carbocycles. The molecule has 0 aromatic heterocycles. The fraction of sp³-hybridized carbons (Fsp3) is 0.429. The van der Waals surface area contributed by atoms with Crippen LogP contribution >= 0.6 is 0 Å². The first-order valence-electron chi connectivity index (χ1n) is 8.63. The highest BCUT2D eigenvalue weighted by Crippen LogP contribution is 2.38. The van der Waals surface area contributed by atoms with Crippen LogP contribution in [0.5, 0.6) is 0 Å². The normalized spacial score (nSPS) is 15.2. The molecule has 0 heterocycles. The molecule has 0 amide bonds. The Morgan fingerprint density at radius 2 is 1.43 bits per heavy atom. The molecule has 0 N–H and O–H groups in total. The van der Waals surface area contributed by atoms with E-state index < -0.39 is 0 Å². The molecule has 2 heteroatoms. The van der Waals surface area contributed by atoms with Gasteiger partial charge in [-0.3, -0.25) is 0 Å². The Morgan fingerprint density at radius 1 is 0.826 bits per heavy atom. The SMILES string of the molecule is CCC(C)c1cccc(C(O[Si])c2ccccc2)c1C(C)CC. The molecule has 0 aliphatic carbocycles. The summed E-state index contributed by atoms with van der Waals surface area (Å²) in [6.45, 7) is 9.15.